The number of hydrogen-bond acceptors (Lipinski definition) is 5. The summed E-state index contributed by atoms with van der Waals surface area (Å²) >= 11 is 3.23. The van der Waals surface area contributed by atoms with Gasteiger partial charge in [0.25, 0.3) is 0 Å². The average Bonchev–Trinajstić information content (AvgIpc) is 2.68. The largest absolute Gasteiger partial charge is 0.367 e. The Morgan fingerprint density at radius 2 is 2.41 bits per heavy atom. The van der Waals surface area contributed by atoms with Crippen molar-refractivity contribution in [3.05, 3.63) is 10.3 Å². The first-order valence-electron chi connectivity index (χ1n) is 5.56. The second kappa shape index (κ2) is 5.24. The summed E-state index contributed by atoms with van der Waals surface area (Å²) in [6.07, 6.45) is -0.419. The first-order chi connectivity index (χ1) is 8.13. The van der Waals surface area contributed by atoms with Crippen molar-refractivity contribution in [2.24, 2.45) is 7.05 Å². The molecule has 0 aliphatic carbocycles. The molecule has 1 aromatic rings. The normalized spacial score (nSPS) is 21.7. The molecule has 1 aliphatic heterocycles. The maximum absolute atomic E-state index is 12.3. The summed E-state index contributed by atoms with van der Waals surface area (Å²) < 4.78 is 7.47. The molecular weight excluding hydrogens is 288 g/mol. The fourth-order valence-corrected chi connectivity index (χ4v) is 2.42. The molecule has 1 atom stereocenters. The van der Waals surface area contributed by atoms with Gasteiger partial charge in [-0.3, -0.25) is 9.69 Å². The molecule has 94 valence electrons. The minimum Gasteiger partial charge on any atom is -0.367 e. The van der Waals surface area contributed by atoms with E-state index >= 15 is 0 Å². The van der Waals surface area contributed by atoms with Gasteiger partial charge in [-0.25, -0.2) is 4.68 Å². The third-order valence-corrected chi connectivity index (χ3v) is 3.44. The van der Waals surface area contributed by atoms with Crippen molar-refractivity contribution in [2.75, 3.05) is 26.2 Å². The van der Waals surface area contributed by atoms with Gasteiger partial charge in [0.15, 0.2) is 4.60 Å². The summed E-state index contributed by atoms with van der Waals surface area (Å²) in [6, 6.07) is 0. The number of ether oxygens (including phenoxy) is 1. The van der Waals surface area contributed by atoms with Crippen LogP contribution in [0.1, 0.15) is 17.4 Å². The Morgan fingerprint density at radius 1 is 1.65 bits per heavy atom. The van der Waals surface area contributed by atoms with E-state index in [9.17, 15) is 4.79 Å². The third-order valence-electron chi connectivity index (χ3n) is 2.91. The summed E-state index contributed by atoms with van der Waals surface area (Å²) in [5.41, 5.74) is 0.466. The average molecular weight is 303 g/mol. The van der Waals surface area contributed by atoms with Crippen LogP contribution in [0.2, 0.25) is 0 Å². The zero-order valence-corrected chi connectivity index (χ0v) is 11.5. The van der Waals surface area contributed by atoms with E-state index in [1.807, 2.05) is 0 Å². The van der Waals surface area contributed by atoms with E-state index < -0.39 is 6.10 Å². The van der Waals surface area contributed by atoms with Crippen molar-refractivity contribution < 1.29 is 9.53 Å². The van der Waals surface area contributed by atoms with Gasteiger partial charge in [-0.15, -0.1) is 5.10 Å². The van der Waals surface area contributed by atoms with Gasteiger partial charge in [0.05, 0.1) is 6.61 Å². The minimum absolute atomic E-state index is 0.0671. The summed E-state index contributed by atoms with van der Waals surface area (Å²) in [5, 5.41) is 7.61. The van der Waals surface area contributed by atoms with Crippen molar-refractivity contribution in [1.82, 2.24) is 19.9 Å². The highest BCUT2D eigenvalue weighted by Crippen LogP contribution is 2.17. The van der Waals surface area contributed by atoms with Crippen LogP contribution >= 0.6 is 15.9 Å². The van der Waals surface area contributed by atoms with E-state index in [0.29, 0.717) is 23.4 Å². The number of rotatable bonds is 3. The molecule has 1 saturated heterocycles. The third kappa shape index (κ3) is 2.56. The molecule has 1 unspecified atom stereocenters. The quantitative estimate of drug-likeness (QED) is 0.760. The summed E-state index contributed by atoms with van der Waals surface area (Å²) in [4.78, 5) is 14.5. The van der Waals surface area contributed by atoms with E-state index in [1.54, 1.807) is 7.05 Å². The van der Waals surface area contributed by atoms with Gasteiger partial charge in [-0.2, -0.15) is 0 Å². The van der Waals surface area contributed by atoms with Gasteiger partial charge in [0.1, 0.15) is 11.8 Å². The molecule has 0 amide bonds. The second-order valence-electron chi connectivity index (χ2n) is 3.97. The Kier molecular flexibility index (Phi) is 3.90. The standard InChI is InChI=1S/C10H15BrN4O2/c1-3-15-4-5-17-7(6-15)9(16)8-10(11)12-13-14(8)2/h7H,3-6H2,1-2H3. The lowest BCUT2D eigenvalue weighted by Gasteiger charge is -2.31. The first-order valence-corrected chi connectivity index (χ1v) is 6.36. The SMILES string of the molecule is CCN1CCOC(C(=O)c2c(Br)nnn2C)C1. The Hall–Kier alpha value is -0.790. The molecule has 2 rings (SSSR count). The molecule has 0 aromatic carbocycles. The van der Waals surface area contributed by atoms with Gasteiger partial charge in [-0.05, 0) is 22.5 Å². The molecule has 6 nitrogen and oxygen atoms in total. The van der Waals surface area contributed by atoms with E-state index in [4.69, 9.17) is 4.74 Å². The molecule has 0 saturated carbocycles. The summed E-state index contributed by atoms with van der Waals surface area (Å²) in [6.45, 7) is 5.11. The number of ketones is 1. The van der Waals surface area contributed by atoms with Crippen LogP contribution in [0.15, 0.2) is 4.60 Å². The zero-order valence-electron chi connectivity index (χ0n) is 9.89. The van der Waals surface area contributed by atoms with Gasteiger partial charge >= 0.3 is 0 Å². The number of morpholine rings is 1. The van der Waals surface area contributed by atoms with Gasteiger partial charge in [-0.1, -0.05) is 12.1 Å². The molecule has 0 radical (unpaired) electrons. The van der Waals surface area contributed by atoms with Gasteiger partial charge in [0.2, 0.25) is 5.78 Å². The Bertz CT molecular complexity index is 401. The molecule has 0 bridgehead atoms. The fraction of sp³-hybridized carbons (Fsp3) is 0.700. The number of likely N-dealkylation sites (N-methyl/N-ethyl adjacent to an activating group) is 1. The number of aromatic nitrogens is 3. The van der Waals surface area contributed by atoms with Crippen LogP contribution in [0.5, 0.6) is 0 Å². The lowest BCUT2D eigenvalue weighted by molar-refractivity contribution is -0.0153. The first kappa shape index (κ1) is 12.7. The summed E-state index contributed by atoms with van der Waals surface area (Å²) in [7, 11) is 1.70. The van der Waals surface area contributed by atoms with Crippen molar-refractivity contribution in [3.63, 3.8) is 0 Å². The molecule has 1 aliphatic rings. The smallest absolute Gasteiger partial charge is 0.213 e. The van der Waals surface area contributed by atoms with E-state index in [0.717, 1.165) is 13.1 Å². The topological polar surface area (TPSA) is 60.2 Å². The number of aryl methyl sites for hydroxylation is 1. The van der Waals surface area contributed by atoms with Crippen LogP contribution in [0.25, 0.3) is 0 Å². The van der Waals surface area contributed by atoms with Crippen molar-refractivity contribution in [1.29, 1.82) is 0 Å². The number of Topliss-reactive ketones (excluding diaryl/α,β-unsaturated/α-hetero) is 1. The molecule has 1 fully saturated rings. The minimum atomic E-state index is -0.419. The van der Waals surface area contributed by atoms with Crippen molar-refractivity contribution in [3.8, 4) is 0 Å². The van der Waals surface area contributed by atoms with Gasteiger partial charge in [0, 0.05) is 20.1 Å². The highest BCUT2D eigenvalue weighted by molar-refractivity contribution is 9.10. The van der Waals surface area contributed by atoms with Gasteiger partial charge < -0.3 is 4.74 Å². The number of carbonyl (C=O) groups is 1. The van der Waals surface area contributed by atoms with Crippen molar-refractivity contribution >= 4 is 21.7 Å². The molecule has 7 heteroatoms. The summed E-state index contributed by atoms with van der Waals surface area (Å²) in [5.74, 6) is -0.0671. The number of nitrogens with zero attached hydrogens (tertiary/aromatic N) is 4. The zero-order chi connectivity index (χ0) is 12.4. The van der Waals surface area contributed by atoms with Crippen LogP contribution in [0.4, 0.5) is 0 Å². The molecule has 17 heavy (non-hydrogen) atoms. The van der Waals surface area contributed by atoms with Crippen LogP contribution < -0.4 is 0 Å². The Balaban J connectivity index is 2.15. The van der Waals surface area contributed by atoms with E-state index in [1.165, 1.54) is 4.68 Å². The molecular formula is C10H15BrN4O2. The lowest BCUT2D eigenvalue weighted by atomic mass is 10.1. The highest BCUT2D eigenvalue weighted by Gasteiger charge is 2.30. The monoisotopic (exact) mass is 302 g/mol. The predicted molar refractivity (Wildman–Crippen MR) is 64.9 cm³/mol. The van der Waals surface area contributed by atoms with Crippen LogP contribution in [0.3, 0.4) is 0 Å². The Labute approximate surface area is 108 Å². The Morgan fingerprint density at radius 3 is 3.00 bits per heavy atom. The van der Waals surface area contributed by atoms with Crippen molar-refractivity contribution in [2.45, 2.75) is 13.0 Å². The van der Waals surface area contributed by atoms with E-state index in [2.05, 4.69) is 38.1 Å². The van der Waals surface area contributed by atoms with Crippen LogP contribution in [0, 0.1) is 0 Å². The van der Waals surface area contributed by atoms with Crippen LogP contribution in [-0.2, 0) is 11.8 Å². The highest BCUT2D eigenvalue weighted by atomic mass is 79.9. The number of carbonyl (C=O) groups excluding carboxylic acids is 1. The van der Waals surface area contributed by atoms with Crippen LogP contribution in [-0.4, -0.2) is 58.0 Å². The number of hydrogen-bond donors (Lipinski definition) is 0. The van der Waals surface area contributed by atoms with E-state index in [-0.39, 0.29) is 5.78 Å². The lowest BCUT2D eigenvalue weighted by Crippen LogP contribution is -2.46. The fourth-order valence-electron chi connectivity index (χ4n) is 1.89. The molecule has 0 N–H and O–H groups in total. The maximum atomic E-state index is 12.3. The molecule has 1 aromatic heterocycles. The molecule has 2 heterocycles. The number of halogens is 1. The predicted octanol–water partition coefficient (Wildman–Crippen LogP) is 0.481. The molecule has 0 spiro atoms. The second-order valence-corrected chi connectivity index (χ2v) is 4.72. The maximum Gasteiger partial charge on any atom is 0.213 e.